The molecule has 3 atom stereocenters. The first-order valence-corrected chi connectivity index (χ1v) is 6.89. The number of nitrogen functional groups attached to an aromatic ring is 1. The summed E-state index contributed by atoms with van der Waals surface area (Å²) in [5.74, 6) is 0.281. The van der Waals surface area contributed by atoms with Gasteiger partial charge in [-0.15, -0.1) is 0 Å². The summed E-state index contributed by atoms with van der Waals surface area (Å²) in [6, 6.07) is 5.50. The first-order valence-electron chi connectivity index (χ1n) is 6.89. The Labute approximate surface area is 114 Å². The van der Waals surface area contributed by atoms with Gasteiger partial charge in [0.25, 0.3) is 0 Å². The van der Waals surface area contributed by atoms with Crippen LogP contribution >= 0.6 is 0 Å². The molecule has 0 radical (unpaired) electrons. The number of carboxylic acid groups (broad SMARTS) is 1. The third kappa shape index (κ3) is 2.83. The van der Waals surface area contributed by atoms with Crippen LogP contribution in [0.5, 0.6) is 0 Å². The fraction of sp³-hybridized carbons (Fsp3) is 0.533. The fourth-order valence-corrected chi connectivity index (χ4v) is 2.86. The molecule has 3 unspecified atom stereocenters. The minimum absolute atomic E-state index is 0.168. The van der Waals surface area contributed by atoms with Crippen molar-refractivity contribution in [1.29, 1.82) is 0 Å². The van der Waals surface area contributed by atoms with Gasteiger partial charge >= 0.3 is 5.97 Å². The number of benzene rings is 1. The second-order valence-corrected chi connectivity index (χ2v) is 5.59. The number of carbonyl (C=O) groups is 1. The van der Waals surface area contributed by atoms with Crippen LogP contribution in [0.15, 0.2) is 18.2 Å². The Balaban J connectivity index is 2.19. The van der Waals surface area contributed by atoms with E-state index in [1.165, 1.54) is 18.9 Å². The molecule has 4 heteroatoms. The van der Waals surface area contributed by atoms with Gasteiger partial charge in [0.05, 0.1) is 16.9 Å². The van der Waals surface area contributed by atoms with E-state index in [-0.39, 0.29) is 5.56 Å². The lowest BCUT2D eigenvalue weighted by Crippen LogP contribution is -2.35. The van der Waals surface area contributed by atoms with Gasteiger partial charge in [0.2, 0.25) is 0 Å². The molecule has 0 heterocycles. The zero-order valence-corrected chi connectivity index (χ0v) is 11.5. The molecule has 1 aliphatic rings. The van der Waals surface area contributed by atoms with Crippen molar-refractivity contribution in [2.75, 3.05) is 11.1 Å². The molecule has 4 N–H and O–H groups in total. The van der Waals surface area contributed by atoms with Gasteiger partial charge in [-0.2, -0.15) is 0 Å². The molecule has 1 aromatic carbocycles. The molecule has 0 bridgehead atoms. The summed E-state index contributed by atoms with van der Waals surface area (Å²) in [6.07, 6.45) is 3.59. The predicted octanol–water partition coefficient (Wildman–Crippen LogP) is 3.20. The van der Waals surface area contributed by atoms with Crippen molar-refractivity contribution in [3.8, 4) is 0 Å². The first kappa shape index (κ1) is 13.7. The number of carboxylic acids is 1. The maximum Gasteiger partial charge on any atom is 0.337 e. The zero-order chi connectivity index (χ0) is 14.0. The van der Waals surface area contributed by atoms with E-state index in [0.717, 1.165) is 12.1 Å². The third-order valence-corrected chi connectivity index (χ3v) is 4.38. The highest BCUT2D eigenvalue weighted by atomic mass is 16.4. The van der Waals surface area contributed by atoms with E-state index in [2.05, 4.69) is 19.2 Å². The summed E-state index contributed by atoms with van der Waals surface area (Å²) < 4.78 is 0. The van der Waals surface area contributed by atoms with E-state index in [0.29, 0.717) is 23.6 Å². The Morgan fingerprint density at radius 2 is 2.11 bits per heavy atom. The number of aromatic carboxylic acids is 1. The monoisotopic (exact) mass is 262 g/mol. The Hall–Kier alpha value is -1.71. The van der Waals surface area contributed by atoms with Crippen LogP contribution in [0.1, 0.15) is 43.5 Å². The van der Waals surface area contributed by atoms with Gasteiger partial charge in [-0.25, -0.2) is 4.79 Å². The molecule has 0 spiro atoms. The lowest BCUT2D eigenvalue weighted by atomic mass is 9.78. The topological polar surface area (TPSA) is 75.3 Å². The third-order valence-electron chi connectivity index (χ3n) is 4.38. The zero-order valence-electron chi connectivity index (χ0n) is 11.5. The molecule has 1 aromatic rings. The Kier molecular flexibility index (Phi) is 3.98. The van der Waals surface area contributed by atoms with Crippen LogP contribution in [0, 0.1) is 11.8 Å². The van der Waals surface area contributed by atoms with E-state index >= 15 is 0 Å². The Morgan fingerprint density at radius 3 is 2.79 bits per heavy atom. The molecule has 4 nitrogen and oxygen atoms in total. The van der Waals surface area contributed by atoms with Gasteiger partial charge in [-0.05, 0) is 30.4 Å². The van der Waals surface area contributed by atoms with E-state index < -0.39 is 5.97 Å². The maximum atomic E-state index is 11.1. The summed E-state index contributed by atoms with van der Waals surface area (Å²) in [6.45, 7) is 4.52. The molecule has 1 fully saturated rings. The molecule has 0 saturated heterocycles. The quantitative estimate of drug-likeness (QED) is 0.731. The summed E-state index contributed by atoms with van der Waals surface area (Å²) in [4.78, 5) is 11.1. The fourth-order valence-electron chi connectivity index (χ4n) is 2.86. The van der Waals surface area contributed by atoms with E-state index in [1.54, 1.807) is 6.07 Å². The Bertz CT molecular complexity index is 473. The predicted molar refractivity (Wildman–Crippen MR) is 77.4 cm³/mol. The minimum atomic E-state index is -0.980. The molecule has 1 saturated carbocycles. The van der Waals surface area contributed by atoms with Crippen LogP contribution < -0.4 is 11.1 Å². The van der Waals surface area contributed by atoms with Gasteiger partial charge in [0.1, 0.15) is 0 Å². The van der Waals surface area contributed by atoms with Crippen LogP contribution in [-0.4, -0.2) is 17.1 Å². The van der Waals surface area contributed by atoms with Crippen LogP contribution in [-0.2, 0) is 0 Å². The smallest absolute Gasteiger partial charge is 0.337 e. The normalized spacial score (nSPS) is 26.9. The van der Waals surface area contributed by atoms with Crippen molar-refractivity contribution in [3.63, 3.8) is 0 Å². The van der Waals surface area contributed by atoms with Gasteiger partial charge in [0.15, 0.2) is 0 Å². The SMILES string of the molecule is CC1CCCC(Nc2cccc(C(=O)O)c2N)C1C. The standard InChI is InChI=1S/C15H22N2O2/c1-9-5-3-7-12(10(9)2)17-13-8-4-6-11(14(13)16)15(18)19/h4,6,8-10,12,17H,3,5,7,16H2,1-2H3,(H,18,19). The van der Waals surface area contributed by atoms with Crippen molar-refractivity contribution in [2.24, 2.45) is 11.8 Å². The molecular weight excluding hydrogens is 240 g/mol. The van der Waals surface area contributed by atoms with Gasteiger partial charge in [-0.3, -0.25) is 0 Å². The summed E-state index contributed by atoms with van der Waals surface area (Å²) in [5, 5.41) is 12.5. The first-order chi connectivity index (χ1) is 9.00. The van der Waals surface area contributed by atoms with Gasteiger partial charge in [0, 0.05) is 6.04 Å². The molecule has 0 amide bonds. The lowest BCUT2D eigenvalue weighted by molar-refractivity contribution is 0.0698. The molecule has 0 aromatic heterocycles. The molecule has 0 aliphatic heterocycles. The van der Waals surface area contributed by atoms with Gasteiger partial charge < -0.3 is 16.2 Å². The second-order valence-electron chi connectivity index (χ2n) is 5.59. The highest BCUT2D eigenvalue weighted by Gasteiger charge is 2.27. The largest absolute Gasteiger partial charge is 0.478 e. The average Bonchev–Trinajstić information content (AvgIpc) is 2.37. The molecule has 19 heavy (non-hydrogen) atoms. The number of nitrogens with two attached hydrogens (primary N) is 1. The second kappa shape index (κ2) is 5.51. The maximum absolute atomic E-state index is 11.1. The van der Waals surface area contributed by atoms with Crippen molar-refractivity contribution >= 4 is 17.3 Å². The lowest BCUT2D eigenvalue weighted by Gasteiger charge is -2.35. The average molecular weight is 262 g/mol. The molecule has 2 rings (SSSR count). The molecule has 104 valence electrons. The van der Waals surface area contributed by atoms with Crippen molar-refractivity contribution in [1.82, 2.24) is 0 Å². The number of hydrogen-bond donors (Lipinski definition) is 3. The van der Waals surface area contributed by atoms with Crippen LogP contribution in [0.3, 0.4) is 0 Å². The van der Waals surface area contributed by atoms with E-state index in [4.69, 9.17) is 10.8 Å². The number of hydrogen-bond acceptors (Lipinski definition) is 3. The van der Waals surface area contributed by atoms with Crippen LogP contribution in [0.25, 0.3) is 0 Å². The molecule has 1 aliphatic carbocycles. The van der Waals surface area contributed by atoms with E-state index in [9.17, 15) is 4.79 Å². The van der Waals surface area contributed by atoms with E-state index in [1.807, 2.05) is 6.07 Å². The number of nitrogens with one attached hydrogen (secondary N) is 1. The summed E-state index contributed by atoms with van der Waals surface area (Å²) >= 11 is 0. The van der Waals surface area contributed by atoms with Crippen molar-refractivity contribution in [3.05, 3.63) is 23.8 Å². The number of rotatable bonds is 3. The Morgan fingerprint density at radius 1 is 1.37 bits per heavy atom. The number of para-hydroxylation sites is 1. The highest BCUT2D eigenvalue weighted by Crippen LogP contribution is 2.33. The van der Waals surface area contributed by atoms with Crippen molar-refractivity contribution < 1.29 is 9.90 Å². The summed E-state index contributed by atoms with van der Waals surface area (Å²) in [5.41, 5.74) is 7.18. The highest BCUT2D eigenvalue weighted by molar-refractivity contribution is 5.97. The number of anilines is 2. The van der Waals surface area contributed by atoms with Crippen molar-refractivity contribution in [2.45, 2.75) is 39.2 Å². The summed E-state index contributed by atoms with van der Waals surface area (Å²) in [7, 11) is 0. The van der Waals surface area contributed by atoms with Gasteiger partial charge in [-0.1, -0.05) is 32.8 Å². The van der Waals surface area contributed by atoms with Crippen LogP contribution in [0.4, 0.5) is 11.4 Å². The minimum Gasteiger partial charge on any atom is -0.478 e. The molecular formula is C15H22N2O2. The van der Waals surface area contributed by atoms with Crippen LogP contribution in [0.2, 0.25) is 0 Å².